The summed E-state index contributed by atoms with van der Waals surface area (Å²) in [5.41, 5.74) is 1.36. The van der Waals surface area contributed by atoms with E-state index in [2.05, 4.69) is 21.2 Å². The first-order valence-electron chi connectivity index (χ1n) is 12.6. The summed E-state index contributed by atoms with van der Waals surface area (Å²) in [6.07, 6.45) is 0.686. The second-order valence-corrected chi connectivity index (χ2v) is 12.2. The van der Waals surface area contributed by atoms with Crippen molar-refractivity contribution in [2.75, 3.05) is 10.8 Å². The van der Waals surface area contributed by atoms with Gasteiger partial charge in [-0.05, 0) is 63.6 Å². The van der Waals surface area contributed by atoms with Crippen LogP contribution in [0.3, 0.4) is 0 Å². The van der Waals surface area contributed by atoms with Crippen LogP contribution in [0.15, 0.2) is 82.2 Å². The highest BCUT2D eigenvalue weighted by Crippen LogP contribution is 2.27. The van der Waals surface area contributed by atoms with Gasteiger partial charge in [0.25, 0.3) is 10.0 Å². The first-order chi connectivity index (χ1) is 18.4. The number of amides is 2. The first-order valence-corrected chi connectivity index (χ1v) is 14.9. The lowest BCUT2D eigenvalue weighted by Crippen LogP contribution is -2.52. The molecule has 0 unspecified atom stereocenters. The third kappa shape index (κ3) is 7.67. The predicted molar refractivity (Wildman–Crippen MR) is 154 cm³/mol. The predicted octanol–water partition coefficient (Wildman–Crippen LogP) is 5.42. The molecule has 10 heteroatoms. The number of hydrogen-bond acceptors (Lipinski definition) is 4. The third-order valence-corrected chi connectivity index (χ3v) is 8.73. The molecule has 0 saturated carbocycles. The van der Waals surface area contributed by atoms with E-state index in [0.717, 1.165) is 9.87 Å². The van der Waals surface area contributed by atoms with E-state index >= 15 is 0 Å². The van der Waals surface area contributed by atoms with E-state index in [-0.39, 0.29) is 28.7 Å². The average molecular weight is 619 g/mol. The standard InChI is InChI=1S/C29H33BrFN3O4S/c1-5-21(3)32-29(36)22(4)33(18-23-9-6-7-12-27(23)31)28(35)19-34(25-11-8-10-24(30)17-25)39(37,38)26-15-13-20(2)14-16-26/h6-17,21-22H,5,18-19H2,1-4H3,(H,32,36)/t21-,22+/m0/s1. The monoisotopic (exact) mass is 617 g/mol. The Labute approximate surface area is 238 Å². The minimum Gasteiger partial charge on any atom is -0.352 e. The molecule has 0 heterocycles. The number of benzene rings is 3. The number of hydrogen-bond donors (Lipinski definition) is 1. The maximum atomic E-state index is 14.6. The van der Waals surface area contributed by atoms with Crippen molar-refractivity contribution in [1.29, 1.82) is 0 Å². The molecule has 2 amide bonds. The Bertz CT molecular complexity index is 1420. The fraction of sp³-hybridized carbons (Fsp3) is 0.310. The molecule has 3 aromatic carbocycles. The summed E-state index contributed by atoms with van der Waals surface area (Å²) >= 11 is 3.37. The summed E-state index contributed by atoms with van der Waals surface area (Å²) in [6.45, 7) is 6.35. The highest BCUT2D eigenvalue weighted by atomic mass is 79.9. The van der Waals surface area contributed by atoms with E-state index in [9.17, 15) is 22.4 Å². The molecule has 3 rings (SSSR count). The number of nitrogens with zero attached hydrogens (tertiary/aromatic N) is 2. The van der Waals surface area contributed by atoms with Gasteiger partial charge in [-0.1, -0.05) is 64.8 Å². The van der Waals surface area contributed by atoms with Gasteiger partial charge in [-0.2, -0.15) is 0 Å². The number of carbonyl (C=O) groups excluding carboxylic acids is 2. The van der Waals surface area contributed by atoms with E-state index in [1.165, 1.54) is 35.2 Å². The molecule has 0 bridgehead atoms. The van der Waals surface area contributed by atoms with Crippen molar-refractivity contribution >= 4 is 43.5 Å². The Morgan fingerprint density at radius 2 is 1.67 bits per heavy atom. The molecular weight excluding hydrogens is 585 g/mol. The summed E-state index contributed by atoms with van der Waals surface area (Å²) in [6, 6.07) is 17.8. The zero-order valence-electron chi connectivity index (χ0n) is 22.4. The van der Waals surface area contributed by atoms with Gasteiger partial charge < -0.3 is 10.2 Å². The number of carbonyl (C=O) groups is 2. The minimum absolute atomic E-state index is 0.0177. The summed E-state index contributed by atoms with van der Waals surface area (Å²) < 4.78 is 43.9. The van der Waals surface area contributed by atoms with Crippen molar-refractivity contribution in [1.82, 2.24) is 10.2 Å². The quantitative estimate of drug-likeness (QED) is 0.311. The number of nitrogens with one attached hydrogen (secondary N) is 1. The normalized spacial score (nSPS) is 12.9. The molecule has 0 fully saturated rings. The molecule has 0 aliphatic carbocycles. The van der Waals surface area contributed by atoms with Crippen LogP contribution in [0.4, 0.5) is 10.1 Å². The molecule has 208 valence electrons. The zero-order valence-corrected chi connectivity index (χ0v) is 24.8. The molecular formula is C29H33BrFN3O4S. The first kappa shape index (κ1) is 30.3. The SMILES string of the molecule is CC[C@H](C)NC(=O)[C@@H](C)N(Cc1ccccc1F)C(=O)CN(c1cccc(Br)c1)S(=O)(=O)c1ccc(C)cc1. The molecule has 0 spiro atoms. The van der Waals surface area contributed by atoms with Crippen molar-refractivity contribution in [2.45, 2.75) is 57.6 Å². The average Bonchev–Trinajstić information content (AvgIpc) is 2.90. The van der Waals surface area contributed by atoms with Gasteiger partial charge in [0.2, 0.25) is 11.8 Å². The van der Waals surface area contributed by atoms with E-state index < -0.39 is 40.2 Å². The molecule has 2 atom stereocenters. The van der Waals surface area contributed by atoms with Crippen molar-refractivity contribution < 1.29 is 22.4 Å². The molecule has 0 radical (unpaired) electrons. The summed E-state index contributed by atoms with van der Waals surface area (Å²) in [5.74, 6) is -1.59. The Hall–Kier alpha value is -3.24. The molecule has 39 heavy (non-hydrogen) atoms. The number of halogens is 2. The number of sulfonamides is 1. The lowest BCUT2D eigenvalue weighted by molar-refractivity contribution is -0.139. The second kappa shape index (κ2) is 13.2. The smallest absolute Gasteiger partial charge is 0.264 e. The van der Waals surface area contributed by atoms with Crippen LogP contribution < -0.4 is 9.62 Å². The Morgan fingerprint density at radius 3 is 2.28 bits per heavy atom. The Kier molecular flexibility index (Phi) is 10.3. The van der Waals surface area contributed by atoms with Gasteiger partial charge in [-0.3, -0.25) is 13.9 Å². The van der Waals surface area contributed by atoms with Gasteiger partial charge in [0.15, 0.2) is 0 Å². The van der Waals surface area contributed by atoms with Crippen LogP contribution in [0, 0.1) is 12.7 Å². The van der Waals surface area contributed by atoms with E-state index in [1.807, 2.05) is 20.8 Å². The summed E-state index contributed by atoms with van der Waals surface area (Å²) in [4.78, 5) is 28.1. The highest BCUT2D eigenvalue weighted by Gasteiger charge is 2.33. The van der Waals surface area contributed by atoms with Gasteiger partial charge in [0.05, 0.1) is 10.6 Å². The van der Waals surface area contributed by atoms with E-state index in [1.54, 1.807) is 49.4 Å². The molecule has 0 aromatic heterocycles. The molecule has 0 saturated heterocycles. The van der Waals surface area contributed by atoms with Crippen LogP contribution in [0.2, 0.25) is 0 Å². The van der Waals surface area contributed by atoms with Crippen LogP contribution in [-0.4, -0.2) is 43.8 Å². The topological polar surface area (TPSA) is 86.8 Å². The maximum Gasteiger partial charge on any atom is 0.264 e. The van der Waals surface area contributed by atoms with Crippen molar-refractivity contribution in [3.05, 3.63) is 94.2 Å². The van der Waals surface area contributed by atoms with Gasteiger partial charge in [0, 0.05) is 22.6 Å². The van der Waals surface area contributed by atoms with Gasteiger partial charge in [0.1, 0.15) is 18.4 Å². The lowest BCUT2D eigenvalue weighted by atomic mass is 10.1. The third-order valence-electron chi connectivity index (χ3n) is 6.45. The maximum absolute atomic E-state index is 14.6. The van der Waals surface area contributed by atoms with Crippen LogP contribution in [0.5, 0.6) is 0 Å². The van der Waals surface area contributed by atoms with Gasteiger partial charge in [-0.15, -0.1) is 0 Å². The second-order valence-electron chi connectivity index (χ2n) is 9.41. The number of anilines is 1. The summed E-state index contributed by atoms with van der Waals surface area (Å²) in [5, 5.41) is 2.85. The van der Waals surface area contributed by atoms with E-state index in [4.69, 9.17) is 0 Å². The van der Waals surface area contributed by atoms with E-state index in [0.29, 0.717) is 10.9 Å². The van der Waals surface area contributed by atoms with Crippen LogP contribution in [0.25, 0.3) is 0 Å². The van der Waals surface area contributed by atoms with Crippen LogP contribution in [0.1, 0.15) is 38.3 Å². The van der Waals surface area contributed by atoms with Crippen LogP contribution >= 0.6 is 15.9 Å². The Balaban J connectivity index is 2.04. The van der Waals surface area contributed by atoms with Crippen molar-refractivity contribution in [3.8, 4) is 0 Å². The van der Waals surface area contributed by atoms with Gasteiger partial charge in [-0.25, -0.2) is 12.8 Å². The fourth-order valence-electron chi connectivity index (χ4n) is 3.86. The van der Waals surface area contributed by atoms with Crippen LogP contribution in [-0.2, 0) is 26.2 Å². The number of rotatable bonds is 11. The molecule has 3 aromatic rings. The Morgan fingerprint density at radius 1 is 1.00 bits per heavy atom. The largest absolute Gasteiger partial charge is 0.352 e. The summed E-state index contributed by atoms with van der Waals surface area (Å²) in [7, 11) is -4.18. The molecule has 0 aliphatic rings. The van der Waals surface area contributed by atoms with Crippen molar-refractivity contribution in [3.63, 3.8) is 0 Å². The highest BCUT2D eigenvalue weighted by molar-refractivity contribution is 9.10. The lowest BCUT2D eigenvalue weighted by Gasteiger charge is -2.32. The van der Waals surface area contributed by atoms with Crippen molar-refractivity contribution in [2.24, 2.45) is 0 Å². The molecule has 1 N–H and O–H groups in total. The van der Waals surface area contributed by atoms with Gasteiger partial charge >= 0.3 is 0 Å². The fourth-order valence-corrected chi connectivity index (χ4v) is 5.65. The minimum atomic E-state index is -4.18. The number of aryl methyl sites for hydroxylation is 1. The molecule has 7 nitrogen and oxygen atoms in total. The molecule has 0 aliphatic heterocycles. The zero-order chi connectivity index (χ0) is 28.7.